The van der Waals surface area contributed by atoms with Crippen LogP contribution in [0.25, 0.3) is 0 Å². The van der Waals surface area contributed by atoms with Crippen LogP contribution in [0.2, 0.25) is 0 Å². The molecule has 1 atom stereocenters. The van der Waals surface area contributed by atoms with Gasteiger partial charge >= 0.3 is 0 Å². The Labute approximate surface area is 189 Å². The highest BCUT2D eigenvalue weighted by atomic mass is 16.5. The van der Waals surface area contributed by atoms with E-state index in [4.69, 9.17) is 9.47 Å². The Morgan fingerprint density at radius 2 is 1.81 bits per heavy atom. The lowest BCUT2D eigenvalue weighted by atomic mass is 9.83. The van der Waals surface area contributed by atoms with Crippen molar-refractivity contribution in [1.82, 2.24) is 4.90 Å². The molecule has 1 heterocycles. The molecule has 0 aliphatic carbocycles. The summed E-state index contributed by atoms with van der Waals surface area (Å²) in [5, 5.41) is 3.09. The van der Waals surface area contributed by atoms with Gasteiger partial charge < -0.3 is 14.8 Å². The maximum atomic E-state index is 13.3. The highest BCUT2D eigenvalue weighted by Crippen LogP contribution is 2.31. The van der Waals surface area contributed by atoms with E-state index in [1.165, 1.54) is 25.9 Å². The summed E-state index contributed by atoms with van der Waals surface area (Å²) >= 11 is 0. The zero-order valence-corrected chi connectivity index (χ0v) is 20.6. The lowest BCUT2D eigenvalue weighted by Crippen LogP contribution is -2.47. The smallest absolute Gasteiger partial charge is 0.256 e. The summed E-state index contributed by atoms with van der Waals surface area (Å²) < 4.78 is 12.0. The molecule has 0 aromatic heterocycles. The molecule has 0 spiro atoms. The number of amides is 1. The second-order valence-electron chi connectivity index (χ2n) is 10.00. The van der Waals surface area contributed by atoms with E-state index in [1.807, 2.05) is 31.2 Å². The molecule has 1 aromatic rings. The summed E-state index contributed by atoms with van der Waals surface area (Å²) in [6.45, 7) is 17.3. The minimum Gasteiger partial charge on any atom is -0.492 e. The number of carbonyl (C=O) groups is 1. The first kappa shape index (κ1) is 25.7. The first-order valence-corrected chi connectivity index (χ1v) is 12.1. The number of rotatable bonds is 12. The average molecular weight is 433 g/mol. The molecule has 1 fully saturated rings. The van der Waals surface area contributed by atoms with Gasteiger partial charge in [0, 0.05) is 25.4 Å². The number of hydrogen-bond donors (Lipinski definition) is 1. The van der Waals surface area contributed by atoms with Crippen molar-refractivity contribution in [3.05, 3.63) is 24.3 Å². The zero-order valence-electron chi connectivity index (χ0n) is 20.6. The van der Waals surface area contributed by atoms with Crippen molar-refractivity contribution in [3.63, 3.8) is 0 Å². The van der Waals surface area contributed by atoms with E-state index in [-0.39, 0.29) is 5.91 Å². The van der Waals surface area contributed by atoms with E-state index in [0.717, 1.165) is 23.9 Å². The van der Waals surface area contributed by atoms with Crippen molar-refractivity contribution in [2.45, 2.75) is 72.8 Å². The van der Waals surface area contributed by atoms with Crippen molar-refractivity contribution >= 4 is 11.6 Å². The Kier molecular flexibility index (Phi) is 10.3. The zero-order chi connectivity index (χ0) is 22.9. The van der Waals surface area contributed by atoms with Gasteiger partial charge in [-0.1, -0.05) is 34.6 Å². The van der Waals surface area contributed by atoms with Crippen LogP contribution in [0.4, 0.5) is 5.69 Å². The van der Waals surface area contributed by atoms with Crippen LogP contribution in [0.3, 0.4) is 0 Å². The third-order valence-corrected chi connectivity index (χ3v) is 5.84. The normalized spacial score (nSPS) is 17.9. The summed E-state index contributed by atoms with van der Waals surface area (Å²) in [7, 11) is 0. The van der Waals surface area contributed by atoms with Crippen LogP contribution >= 0.6 is 0 Å². The molecule has 176 valence electrons. The Bertz CT molecular complexity index is 647. The lowest BCUT2D eigenvalue weighted by molar-refractivity contribution is -0.146. The Hall–Kier alpha value is -1.59. The number of ether oxygens (including phenoxy) is 2. The summed E-state index contributed by atoms with van der Waals surface area (Å²) in [5.41, 5.74) is -0.0172. The summed E-state index contributed by atoms with van der Waals surface area (Å²) in [6, 6.07) is 7.69. The molecule has 0 bridgehead atoms. The van der Waals surface area contributed by atoms with Crippen LogP contribution in [0.15, 0.2) is 24.3 Å². The van der Waals surface area contributed by atoms with Gasteiger partial charge in [-0.25, -0.2) is 0 Å². The van der Waals surface area contributed by atoms with Gasteiger partial charge in [-0.15, -0.1) is 0 Å². The number of piperidine rings is 1. The largest absolute Gasteiger partial charge is 0.492 e. The van der Waals surface area contributed by atoms with E-state index in [0.29, 0.717) is 37.9 Å². The van der Waals surface area contributed by atoms with E-state index in [1.54, 1.807) is 0 Å². The molecule has 2 rings (SSSR count). The quantitative estimate of drug-likeness (QED) is 0.467. The number of nitrogens with one attached hydrogen (secondary N) is 1. The molecule has 0 unspecified atom stereocenters. The molecule has 1 saturated heterocycles. The minimum atomic E-state index is -0.794. The fourth-order valence-corrected chi connectivity index (χ4v) is 4.71. The molecule has 0 radical (unpaired) electrons. The number of anilines is 1. The van der Waals surface area contributed by atoms with Gasteiger partial charge in [-0.2, -0.15) is 0 Å². The van der Waals surface area contributed by atoms with Crippen LogP contribution in [0.5, 0.6) is 5.75 Å². The van der Waals surface area contributed by atoms with Crippen molar-refractivity contribution in [1.29, 1.82) is 0 Å². The number of carbonyl (C=O) groups excluding carboxylic acids is 1. The molecule has 1 aromatic carbocycles. The topological polar surface area (TPSA) is 50.8 Å². The number of likely N-dealkylation sites (tertiary alicyclic amines) is 1. The Balaban J connectivity index is 1.93. The van der Waals surface area contributed by atoms with Crippen molar-refractivity contribution in [2.75, 3.05) is 38.2 Å². The van der Waals surface area contributed by atoms with Gasteiger partial charge in [0.15, 0.2) is 0 Å². The molecular weight excluding hydrogens is 388 g/mol. The van der Waals surface area contributed by atoms with Crippen LogP contribution in [0, 0.1) is 17.8 Å². The third-order valence-electron chi connectivity index (χ3n) is 5.84. The maximum absolute atomic E-state index is 13.3. The summed E-state index contributed by atoms with van der Waals surface area (Å²) in [4.78, 5) is 15.8. The fraction of sp³-hybridized carbons (Fsp3) is 0.731. The molecule has 1 N–H and O–H groups in total. The molecule has 31 heavy (non-hydrogen) atoms. The second-order valence-corrected chi connectivity index (χ2v) is 10.00. The van der Waals surface area contributed by atoms with Gasteiger partial charge in [0.1, 0.15) is 18.0 Å². The van der Waals surface area contributed by atoms with Gasteiger partial charge in [0.2, 0.25) is 0 Å². The Morgan fingerprint density at radius 3 is 2.35 bits per heavy atom. The minimum absolute atomic E-state index is 0.0513. The highest BCUT2D eigenvalue weighted by molar-refractivity contribution is 5.97. The number of benzene rings is 1. The predicted octanol–water partition coefficient (Wildman–Crippen LogP) is 5.60. The molecule has 1 aliphatic rings. The molecule has 0 saturated carbocycles. The molecule has 5 nitrogen and oxygen atoms in total. The van der Waals surface area contributed by atoms with Crippen LogP contribution in [-0.2, 0) is 9.53 Å². The van der Waals surface area contributed by atoms with E-state index in [2.05, 4.69) is 44.8 Å². The fourth-order valence-electron chi connectivity index (χ4n) is 4.71. The number of hydrogen-bond acceptors (Lipinski definition) is 4. The van der Waals surface area contributed by atoms with E-state index >= 15 is 0 Å². The first-order valence-electron chi connectivity index (χ1n) is 12.1. The van der Waals surface area contributed by atoms with Crippen LogP contribution in [0.1, 0.15) is 67.2 Å². The first-order chi connectivity index (χ1) is 14.7. The molecule has 1 aliphatic heterocycles. The highest BCUT2D eigenvalue weighted by Gasteiger charge is 2.40. The van der Waals surface area contributed by atoms with Gasteiger partial charge in [-0.3, -0.25) is 9.69 Å². The van der Waals surface area contributed by atoms with Crippen molar-refractivity contribution < 1.29 is 14.3 Å². The van der Waals surface area contributed by atoms with E-state index < -0.39 is 5.60 Å². The molecular formula is C26H44N2O3. The lowest BCUT2D eigenvalue weighted by Gasteiger charge is -2.35. The third kappa shape index (κ3) is 8.46. The van der Waals surface area contributed by atoms with E-state index in [9.17, 15) is 4.79 Å². The standard InChI is InChI=1S/C26H44N2O3/c1-7-31-26(17-20(2)3,18-21(4)5)25(29)27-23-10-12-24(13-11-23)30-16-15-28-14-8-9-22(6)19-28/h10-13,20-22H,7-9,14-19H2,1-6H3,(H,27,29)/t22-/m1/s1. The van der Waals surface area contributed by atoms with Gasteiger partial charge in [0.05, 0.1) is 0 Å². The van der Waals surface area contributed by atoms with Crippen molar-refractivity contribution in [2.24, 2.45) is 17.8 Å². The van der Waals surface area contributed by atoms with Crippen molar-refractivity contribution in [3.8, 4) is 5.75 Å². The molecule has 5 heteroatoms. The Morgan fingerprint density at radius 1 is 1.16 bits per heavy atom. The monoisotopic (exact) mass is 432 g/mol. The second kappa shape index (κ2) is 12.4. The summed E-state index contributed by atoms with van der Waals surface area (Å²) in [5.74, 6) is 2.31. The van der Waals surface area contributed by atoms with Gasteiger partial charge in [-0.05, 0) is 81.2 Å². The maximum Gasteiger partial charge on any atom is 0.256 e. The SMILES string of the molecule is CCOC(CC(C)C)(CC(C)C)C(=O)Nc1ccc(OCCN2CCC[C@@H](C)C2)cc1. The van der Waals surface area contributed by atoms with Gasteiger partial charge in [0.25, 0.3) is 5.91 Å². The van der Waals surface area contributed by atoms with Crippen LogP contribution < -0.4 is 10.1 Å². The van der Waals surface area contributed by atoms with Crippen LogP contribution in [-0.4, -0.2) is 49.3 Å². The number of nitrogens with zero attached hydrogens (tertiary/aromatic N) is 1. The average Bonchev–Trinajstić information content (AvgIpc) is 2.68. The molecule has 1 amide bonds. The predicted molar refractivity (Wildman–Crippen MR) is 129 cm³/mol. The summed E-state index contributed by atoms with van der Waals surface area (Å²) in [6.07, 6.45) is 4.04.